The van der Waals surface area contributed by atoms with E-state index in [1.807, 2.05) is 47.0 Å². The molecule has 2 heterocycles. The summed E-state index contributed by atoms with van der Waals surface area (Å²) in [5.74, 6) is 17.8. The average Bonchev–Trinajstić information content (AvgIpc) is 3.18. The lowest BCUT2D eigenvalue weighted by Crippen LogP contribution is -2.07. The lowest BCUT2D eigenvalue weighted by atomic mass is 10.2. The molecular weight excluding hydrogens is 761 g/mol. The van der Waals surface area contributed by atoms with Crippen molar-refractivity contribution in [1.29, 1.82) is 0 Å². The quantitative estimate of drug-likeness (QED) is 0.171. The van der Waals surface area contributed by atoms with Gasteiger partial charge >= 0.3 is 0 Å². The molecular formula is C42H52O4S6. The summed E-state index contributed by atoms with van der Waals surface area (Å²) in [6.45, 7) is 2.76. The van der Waals surface area contributed by atoms with Crippen molar-refractivity contribution in [2.24, 2.45) is 0 Å². The van der Waals surface area contributed by atoms with E-state index in [1.165, 1.54) is 68.3 Å². The predicted octanol–water partition coefficient (Wildman–Crippen LogP) is 11.5. The molecule has 4 nitrogen and oxygen atoms in total. The minimum Gasteiger partial charge on any atom is -0.493 e. The molecule has 10 heteroatoms. The Morgan fingerprint density at radius 1 is 0.288 bits per heavy atom. The fourth-order valence-electron chi connectivity index (χ4n) is 5.31. The van der Waals surface area contributed by atoms with Crippen molar-refractivity contribution in [2.45, 2.75) is 35.9 Å². The number of para-hydroxylation sites is 4. The molecule has 280 valence electrons. The Labute approximate surface area is 337 Å². The molecule has 0 spiro atoms. The minimum absolute atomic E-state index is 0.689. The highest BCUT2D eigenvalue weighted by Crippen LogP contribution is 2.28. The maximum Gasteiger partial charge on any atom is 0.123 e. The molecule has 0 saturated carbocycles. The van der Waals surface area contributed by atoms with Crippen LogP contribution in [0.1, 0.15) is 35.1 Å². The molecule has 0 unspecified atom stereocenters. The van der Waals surface area contributed by atoms with Gasteiger partial charge in [-0.05, 0) is 24.3 Å². The monoisotopic (exact) mass is 812 g/mol. The molecule has 0 aromatic heterocycles. The van der Waals surface area contributed by atoms with Gasteiger partial charge in [-0.15, -0.1) is 0 Å². The van der Waals surface area contributed by atoms with E-state index in [-0.39, 0.29) is 0 Å². The lowest BCUT2D eigenvalue weighted by Gasteiger charge is -2.14. The number of hydrogen-bond donors (Lipinski definition) is 0. The van der Waals surface area contributed by atoms with Crippen LogP contribution in [0.3, 0.4) is 0 Å². The van der Waals surface area contributed by atoms with Gasteiger partial charge < -0.3 is 18.9 Å². The first-order valence-electron chi connectivity index (χ1n) is 18.2. The molecule has 4 aromatic rings. The van der Waals surface area contributed by atoms with Crippen LogP contribution in [0.5, 0.6) is 23.0 Å². The molecule has 2 aliphatic heterocycles. The maximum absolute atomic E-state index is 6.02. The van der Waals surface area contributed by atoms with Crippen molar-refractivity contribution in [3.8, 4) is 23.0 Å². The Balaban J connectivity index is 0.000000201. The molecule has 0 atom stereocenters. The normalized spacial score (nSPS) is 17.5. The SMILES string of the molecule is c1ccc2c(c1)CSCCSCCSCc1ccccc1OCCCO2.c1ccc2c(c1)CSCCSCCSCc1ccccc1OCCCO2. The standard InChI is InChI=1S/2C21H26O2S3/c2*1-3-8-20-18(6-1)16-25-14-12-24-13-15-26-17-19-7-2-4-9-21(19)23-11-5-10-22-20/h2*1-4,6-9H,5,10-17H2. The van der Waals surface area contributed by atoms with Crippen molar-refractivity contribution in [2.75, 3.05) is 72.5 Å². The van der Waals surface area contributed by atoms with Gasteiger partial charge in [0, 0.05) is 104 Å². The largest absolute Gasteiger partial charge is 0.493 e. The molecule has 0 saturated heterocycles. The van der Waals surface area contributed by atoms with Gasteiger partial charge in [-0.3, -0.25) is 0 Å². The van der Waals surface area contributed by atoms with Crippen LogP contribution >= 0.6 is 70.6 Å². The molecule has 52 heavy (non-hydrogen) atoms. The molecule has 0 aliphatic carbocycles. The summed E-state index contributed by atoms with van der Waals surface area (Å²) in [4.78, 5) is 0. The summed E-state index contributed by atoms with van der Waals surface area (Å²) in [6, 6.07) is 33.6. The second kappa shape index (κ2) is 26.1. The van der Waals surface area contributed by atoms with Gasteiger partial charge in [0.15, 0.2) is 0 Å². The van der Waals surface area contributed by atoms with E-state index in [2.05, 4.69) is 121 Å². The van der Waals surface area contributed by atoms with Crippen LogP contribution in [0, 0.1) is 0 Å². The van der Waals surface area contributed by atoms with E-state index in [1.54, 1.807) is 0 Å². The number of fused-ring (bicyclic) bond motifs is 4. The third-order valence-corrected chi connectivity index (χ3v) is 15.1. The van der Waals surface area contributed by atoms with Gasteiger partial charge in [-0.25, -0.2) is 0 Å². The van der Waals surface area contributed by atoms with Crippen LogP contribution in [0.4, 0.5) is 0 Å². The second-order valence-electron chi connectivity index (χ2n) is 12.0. The third kappa shape index (κ3) is 15.9. The van der Waals surface area contributed by atoms with Crippen molar-refractivity contribution in [1.82, 2.24) is 0 Å². The summed E-state index contributed by atoms with van der Waals surface area (Å²) in [7, 11) is 0. The highest BCUT2D eigenvalue weighted by atomic mass is 32.2. The van der Waals surface area contributed by atoms with Gasteiger partial charge in [0.2, 0.25) is 0 Å². The highest BCUT2D eigenvalue weighted by Gasteiger charge is 2.08. The zero-order valence-electron chi connectivity index (χ0n) is 30.0. The first-order chi connectivity index (χ1) is 25.9. The van der Waals surface area contributed by atoms with Crippen LogP contribution in [0.25, 0.3) is 0 Å². The summed E-state index contributed by atoms with van der Waals surface area (Å²) >= 11 is 12.1. The topological polar surface area (TPSA) is 36.9 Å². The molecule has 6 rings (SSSR count). The van der Waals surface area contributed by atoms with Gasteiger partial charge in [0.05, 0.1) is 26.4 Å². The number of rotatable bonds is 0. The molecule has 0 fully saturated rings. The summed E-state index contributed by atoms with van der Waals surface area (Å²) in [5.41, 5.74) is 5.19. The first kappa shape index (κ1) is 41.3. The summed E-state index contributed by atoms with van der Waals surface area (Å²) in [5, 5.41) is 0. The summed E-state index contributed by atoms with van der Waals surface area (Å²) < 4.78 is 24.1. The molecule has 0 N–H and O–H groups in total. The Hall–Kier alpha value is -1.82. The fourth-order valence-corrected chi connectivity index (χ4v) is 11.9. The third-order valence-electron chi connectivity index (χ3n) is 8.02. The Bertz CT molecular complexity index is 1330. The number of ether oxygens (including phenoxy) is 4. The zero-order chi connectivity index (χ0) is 35.7. The fraction of sp³-hybridized carbons (Fsp3) is 0.429. The molecule has 4 aromatic carbocycles. The van der Waals surface area contributed by atoms with E-state index >= 15 is 0 Å². The van der Waals surface area contributed by atoms with Gasteiger partial charge in [0.25, 0.3) is 0 Å². The van der Waals surface area contributed by atoms with Crippen molar-refractivity contribution < 1.29 is 18.9 Å². The van der Waals surface area contributed by atoms with Crippen LogP contribution in [-0.4, -0.2) is 72.5 Å². The van der Waals surface area contributed by atoms with E-state index in [0.717, 1.165) is 58.9 Å². The molecule has 0 amide bonds. The highest BCUT2D eigenvalue weighted by molar-refractivity contribution is 8.04. The maximum atomic E-state index is 6.02. The van der Waals surface area contributed by atoms with Gasteiger partial charge in [-0.2, -0.15) is 70.6 Å². The zero-order valence-corrected chi connectivity index (χ0v) is 34.9. The Morgan fingerprint density at radius 3 is 0.788 bits per heavy atom. The number of benzene rings is 4. The van der Waals surface area contributed by atoms with E-state index in [4.69, 9.17) is 18.9 Å². The van der Waals surface area contributed by atoms with Crippen molar-refractivity contribution in [3.05, 3.63) is 119 Å². The lowest BCUT2D eigenvalue weighted by molar-refractivity contribution is 0.245. The molecule has 0 bridgehead atoms. The minimum atomic E-state index is 0.689. The Kier molecular flexibility index (Phi) is 20.7. The second-order valence-corrected chi connectivity index (χ2v) is 18.8. The van der Waals surface area contributed by atoms with Crippen LogP contribution < -0.4 is 18.9 Å². The smallest absolute Gasteiger partial charge is 0.123 e. The summed E-state index contributed by atoms with van der Waals surface area (Å²) in [6.07, 6.45) is 1.78. The van der Waals surface area contributed by atoms with E-state index < -0.39 is 0 Å². The van der Waals surface area contributed by atoms with Crippen LogP contribution in [0.2, 0.25) is 0 Å². The van der Waals surface area contributed by atoms with E-state index in [0.29, 0.717) is 26.4 Å². The van der Waals surface area contributed by atoms with Gasteiger partial charge in [0.1, 0.15) is 23.0 Å². The van der Waals surface area contributed by atoms with Crippen LogP contribution in [-0.2, 0) is 23.0 Å². The predicted molar refractivity (Wildman–Crippen MR) is 236 cm³/mol. The Morgan fingerprint density at radius 2 is 0.519 bits per heavy atom. The van der Waals surface area contributed by atoms with Crippen molar-refractivity contribution >= 4 is 70.6 Å². The average molecular weight is 813 g/mol. The van der Waals surface area contributed by atoms with E-state index in [9.17, 15) is 0 Å². The van der Waals surface area contributed by atoms with Gasteiger partial charge in [-0.1, -0.05) is 72.8 Å². The molecule has 2 aliphatic rings. The number of hydrogen-bond acceptors (Lipinski definition) is 10. The van der Waals surface area contributed by atoms with Crippen LogP contribution in [0.15, 0.2) is 97.1 Å². The first-order valence-corrected chi connectivity index (χ1v) is 25.1. The van der Waals surface area contributed by atoms with Crippen molar-refractivity contribution in [3.63, 3.8) is 0 Å². The molecule has 0 radical (unpaired) electrons. The number of thioether (sulfide) groups is 6.